The highest BCUT2D eigenvalue weighted by Crippen LogP contribution is 2.47. The average molecular weight is 673 g/mol. The molecule has 0 bridgehead atoms. The van der Waals surface area contributed by atoms with E-state index in [1.54, 1.807) is 0 Å². The number of thiophene rings is 2. The molecule has 234 valence electrons. The normalized spacial score (nSPS) is 12.0. The van der Waals surface area contributed by atoms with Gasteiger partial charge in [-0.1, -0.05) is 97.1 Å². The molecule has 11 rings (SSSR count). The van der Waals surface area contributed by atoms with Crippen molar-refractivity contribution in [3.63, 3.8) is 0 Å². The van der Waals surface area contributed by atoms with Crippen LogP contribution in [0.15, 0.2) is 170 Å². The smallest absolute Gasteiger partial charge is 0.0554 e. The maximum atomic E-state index is 2.49. The van der Waals surface area contributed by atoms with Gasteiger partial charge in [0.15, 0.2) is 0 Å². The van der Waals surface area contributed by atoms with Gasteiger partial charge in [0.25, 0.3) is 0 Å². The van der Waals surface area contributed by atoms with Gasteiger partial charge in [-0.3, -0.25) is 0 Å². The monoisotopic (exact) mass is 672 g/mol. The van der Waals surface area contributed by atoms with Crippen molar-refractivity contribution in [1.82, 2.24) is 4.57 Å². The Morgan fingerprint density at radius 1 is 0.400 bits per heavy atom. The number of hydrogen-bond acceptors (Lipinski definition) is 3. The Kier molecular flexibility index (Phi) is 6.03. The lowest BCUT2D eigenvalue weighted by Crippen LogP contribution is -2.10. The van der Waals surface area contributed by atoms with Crippen molar-refractivity contribution >= 4 is 113 Å². The minimum atomic E-state index is 1.14. The maximum absolute atomic E-state index is 2.49. The Morgan fingerprint density at radius 2 is 1.04 bits per heavy atom. The van der Waals surface area contributed by atoms with Gasteiger partial charge in [-0.2, -0.15) is 0 Å². The van der Waals surface area contributed by atoms with Crippen LogP contribution in [0, 0.1) is 0 Å². The highest BCUT2D eigenvalue weighted by molar-refractivity contribution is 7.26. The summed E-state index contributed by atoms with van der Waals surface area (Å²) in [5.41, 5.74) is 7.05. The highest BCUT2D eigenvalue weighted by Gasteiger charge is 2.21. The molecule has 0 aliphatic heterocycles. The fourth-order valence-corrected chi connectivity index (χ4v) is 10.3. The van der Waals surface area contributed by atoms with Gasteiger partial charge in [0.1, 0.15) is 0 Å². The largest absolute Gasteiger partial charge is 0.310 e. The molecule has 0 aliphatic rings. The van der Waals surface area contributed by atoms with E-state index in [0.29, 0.717) is 0 Å². The summed E-state index contributed by atoms with van der Waals surface area (Å²) in [7, 11) is 0. The average Bonchev–Trinajstić information content (AvgIpc) is 3.85. The Hall–Kier alpha value is -5.94. The molecule has 0 aliphatic carbocycles. The second-order valence-corrected chi connectivity index (χ2v) is 15.1. The number of fused-ring (bicyclic) bond motifs is 11. The number of rotatable bonds is 4. The minimum Gasteiger partial charge on any atom is -0.310 e. The second-order valence-electron chi connectivity index (χ2n) is 12.9. The van der Waals surface area contributed by atoms with Gasteiger partial charge < -0.3 is 9.47 Å². The molecule has 0 N–H and O–H groups in total. The van der Waals surface area contributed by atoms with Crippen LogP contribution in [-0.2, 0) is 0 Å². The Labute approximate surface area is 296 Å². The third-order valence-corrected chi connectivity index (χ3v) is 12.5. The van der Waals surface area contributed by atoms with Crippen LogP contribution in [0.4, 0.5) is 17.1 Å². The predicted molar refractivity (Wildman–Crippen MR) is 219 cm³/mol. The van der Waals surface area contributed by atoms with Gasteiger partial charge >= 0.3 is 0 Å². The molecule has 0 fully saturated rings. The van der Waals surface area contributed by atoms with Crippen LogP contribution in [0.2, 0.25) is 0 Å². The second kappa shape index (κ2) is 10.8. The molecule has 0 amide bonds. The quantitative estimate of drug-likeness (QED) is 0.181. The number of hydrogen-bond donors (Lipinski definition) is 0. The molecule has 0 atom stereocenters. The molecule has 0 unspecified atom stereocenters. The number of anilines is 3. The van der Waals surface area contributed by atoms with Crippen molar-refractivity contribution < 1.29 is 0 Å². The third-order valence-electron chi connectivity index (χ3n) is 10.2. The topological polar surface area (TPSA) is 8.17 Å². The van der Waals surface area contributed by atoms with Crippen molar-refractivity contribution in [3.05, 3.63) is 170 Å². The van der Waals surface area contributed by atoms with E-state index in [1.807, 2.05) is 22.7 Å². The molecule has 4 heteroatoms. The maximum Gasteiger partial charge on any atom is 0.0554 e. The van der Waals surface area contributed by atoms with Crippen molar-refractivity contribution in [1.29, 1.82) is 0 Å². The van der Waals surface area contributed by atoms with Crippen molar-refractivity contribution in [2.75, 3.05) is 4.90 Å². The summed E-state index contributed by atoms with van der Waals surface area (Å²) in [5.74, 6) is 0. The Balaban J connectivity index is 1.22. The lowest BCUT2D eigenvalue weighted by molar-refractivity contribution is 1.18. The van der Waals surface area contributed by atoms with E-state index in [1.165, 1.54) is 84.3 Å². The first-order valence-corrected chi connectivity index (χ1v) is 18.6. The van der Waals surface area contributed by atoms with E-state index in [4.69, 9.17) is 0 Å². The molecular formula is C46H28N2S2. The standard InChI is InChI=1S/C46H28N2S2/c1-2-11-30(12-3-1)48-39-16-7-4-13-33(39)38-28-32(24-26-40(38)48)47(41-17-10-20-44-45(41)36-15-6-9-19-43(36)49-44)31-23-21-29-22-25-35-34-14-5-8-18-42(34)50-46(35)37(29)27-31/h1-28H. The van der Waals surface area contributed by atoms with Crippen molar-refractivity contribution in [2.24, 2.45) is 0 Å². The predicted octanol–water partition coefficient (Wildman–Crippen LogP) is 14.1. The number of nitrogens with zero attached hydrogens (tertiary/aromatic N) is 2. The van der Waals surface area contributed by atoms with E-state index in [2.05, 4.69) is 179 Å². The van der Waals surface area contributed by atoms with Gasteiger partial charge in [-0.15, -0.1) is 22.7 Å². The van der Waals surface area contributed by atoms with E-state index < -0.39 is 0 Å². The van der Waals surface area contributed by atoms with Crippen LogP contribution in [0.3, 0.4) is 0 Å². The first-order chi connectivity index (χ1) is 24.8. The van der Waals surface area contributed by atoms with Gasteiger partial charge in [-0.05, 0) is 78.2 Å². The molecule has 0 spiro atoms. The minimum absolute atomic E-state index is 1.14. The first kappa shape index (κ1) is 28.0. The van der Waals surface area contributed by atoms with Crippen molar-refractivity contribution in [3.8, 4) is 5.69 Å². The molecule has 0 radical (unpaired) electrons. The molecule has 0 saturated heterocycles. The van der Waals surface area contributed by atoms with Crippen LogP contribution in [0.5, 0.6) is 0 Å². The summed E-state index contributed by atoms with van der Waals surface area (Å²) >= 11 is 3.76. The Bertz CT molecular complexity index is 3110. The molecular weight excluding hydrogens is 645 g/mol. The van der Waals surface area contributed by atoms with Gasteiger partial charge in [0.2, 0.25) is 0 Å². The zero-order valence-corrected chi connectivity index (χ0v) is 28.5. The number of aromatic nitrogens is 1. The summed E-state index contributed by atoms with van der Waals surface area (Å²) in [6.45, 7) is 0. The molecule has 3 heterocycles. The van der Waals surface area contributed by atoms with Crippen LogP contribution in [0.25, 0.3) is 78.6 Å². The van der Waals surface area contributed by atoms with Crippen LogP contribution in [0.1, 0.15) is 0 Å². The van der Waals surface area contributed by atoms with Gasteiger partial charge in [-0.25, -0.2) is 0 Å². The number of benzene rings is 8. The van der Waals surface area contributed by atoms with E-state index in [9.17, 15) is 0 Å². The summed E-state index contributed by atoms with van der Waals surface area (Å²) in [4.78, 5) is 2.49. The summed E-state index contributed by atoms with van der Waals surface area (Å²) in [6.07, 6.45) is 0. The van der Waals surface area contributed by atoms with Crippen molar-refractivity contribution in [2.45, 2.75) is 0 Å². The van der Waals surface area contributed by atoms with E-state index >= 15 is 0 Å². The zero-order valence-electron chi connectivity index (χ0n) is 26.9. The summed E-state index contributed by atoms with van der Waals surface area (Å²) in [6, 6.07) is 62.4. The lowest BCUT2D eigenvalue weighted by Gasteiger charge is -2.27. The zero-order chi connectivity index (χ0) is 32.8. The molecule has 50 heavy (non-hydrogen) atoms. The highest BCUT2D eigenvalue weighted by atomic mass is 32.1. The summed E-state index contributed by atoms with van der Waals surface area (Å²) < 4.78 is 7.66. The van der Waals surface area contributed by atoms with E-state index in [-0.39, 0.29) is 0 Å². The summed E-state index contributed by atoms with van der Waals surface area (Å²) in [5, 5.41) is 10.3. The van der Waals surface area contributed by atoms with Crippen LogP contribution < -0.4 is 4.90 Å². The van der Waals surface area contributed by atoms with E-state index in [0.717, 1.165) is 11.4 Å². The van der Waals surface area contributed by atoms with Crippen LogP contribution >= 0.6 is 22.7 Å². The molecule has 11 aromatic rings. The third kappa shape index (κ3) is 4.07. The fourth-order valence-electron chi connectivity index (χ4n) is 7.95. The molecule has 8 aromatic carbocycles. The van der Waals surface area contributed by atoms with Gasteiger partial charge in [0.05, 0.1) is 16.7 Å². The molecule has 2 nitrogen and oxygen atoms in total. The van der Waals surface area contributed by atoms with Crippen LogP contribution in [-0.4, -0.2) is 4.57 Å². The first-order valence-electron chi connectivity index (χ1n) is 16.9. The molecule has 0 saturated carbocycles. The number of para-hydroxylation sites is 2. The lowest BCUT2D eigenvalue weighted by atomic mass is 10.0. The fraction of sp³-hybridized carbons (Fsp3) is 0. The van der Waals surface area contributed by atoms with Gasteiger partial charge in [0, 0.05) is 73.6 Å². The SMILES string of the molecule is c1ccc(-n2c3ccccc3c3cc(N(c4ccc5ccc6c7ccccc7sc6c5c4)c4cccc5sc6ccccc6c45)ccc32)cc1. The Morgan fingerprint density at radius 3 is 1.90 bits per heavy atom. The molecule has 3 aromatic heterocycles.